The van der Waals surface area contributed by atoms with Crippen LogP contribution in [0.2, 0.25) is 0 Å². The SMILES string of the molecule is Cc1c(C(C)C)ccc2c1CCC2(C)C. The van der Waals surface area contributed by atoms with Gasteiger partial charge in [0.2, 0.25) is 0 Å². The summed E-state index contributed by atoms with van der Waals surface area (Å²) in [7, 11) is 0. The van der Waals surface area contributed by atoms with E-state index in [9.17, 15) is 0 Å². The van der Waals surface area contributed by atoms with Crippen LogP contribution in [0.3, 0.4) is 0 Å². The van der Waals surface area contributed by atoms with E-state index in [4.69, 9.17) is 0 Å². The van der Waals surface area contributed by atoms with Gasteiger partial charge in [0.05, 0.1) is 0 Å². The third-order valence-corrected chi connectivity index (χ3v) is 3.99. The number of benzene rings is 1. The fourth-order valence-corrected chi connectivity index (χ4v) is 2.93. The second-order valence-electron chi connectivity index (χ2n) is 5.84. The zero-order chi connectivity index (χ0) is 11.2. The number of rotatable bonds is 1. The highest BCUT2D eigenvalue weighted by Crippen LogP contribution is 2.41. The van der Waals surface area contributed by atoms with Gasteiger partial charge in [-0.3, -0.25) is 0 Å². The predicted octanol–water partition coefficient (Wildman–Crippen LogP) is 4.34. The van der Waals surface area contributed by atoms with Gasteiger partial charge in [-0.1, -0.05) is 39.8 Å². The highest BCUT2D eigenvalue weighted by molar-refractivity contribution is 5.47. The Morgan fingerprint density at radius 3 is 2.47 bits per heavy atom. The van der Waals surface area contributed by atoms with E-state index in [1.165, 1.54) is 18.4 Å². The van der Waals surface area contributed by atoms with Crippen molar-refractivity contribution in [1.29, 1.82) is 0 Å². The zero-order valence-electron chi connectivity index (χ0n) is 10.6. The van der Waals surface area contributed by atoms with Crippen molar-refractivity contribution in [2.45, 2.75) is 58.8 Å². The molecule has 15 heavy (non-hydrogen) atoms. The molecule has 0 N–H and O–H groups in total. The van der Waals surface area contributed by atoms with Gasteiger partial charge >= 0.3 is 0 Å². The van der Waals surface area contributed by atoms with Crippen LogP contribution in [0.4, 0.5) is 0 Å². The minimum atomic E-state index is 0.398. The standard InChI is InChI=1S/C15H22/c1-10(2)12-6-7-14-13(11(12)3)8-9-15(14,4)5/h6-7,10H,8-9H2,1-5H3. The quantitative estimate of drug-likeness (QED) is 0.635. The molecule has 1 aromatic carbocycles. The van der Waals surface area contributed by atoms with Gasteiger partial charge < -0.3 is 0 Å². The van der Waals surface area contributed by atoms with Gasteiger partial charge in [-0.25, -0.2) is 0 Å². The van der Waals surface area contributed by atoms with Gasteiger partial charge in [-0.2, -0.15) is 0 Å². The molecule has 1 aliphatic carbocycles. The van der Waals surface area contributed by atoms with E-state index in [1.54, 1.807) is 16.7 Å². The summed E-state index contributed by atoms with van der Waals surface area (Å²) in [6.07, 6.45) is 2.58. The van der Waals surface area contributed by atoms with Crippen molar-refractivity contribution < 1.29 is 0 Å². The monoisotopic (exact) mass is 202 g/mol. The second-order valence-corrected chi connectivity index (χ2v) is 5.84. The van der Waals surface area contributed by atoms with E-state index in [1.807, 2.05) is 0 Å². The number of hydrogen-bond acceptors (Lipinski definition) is 0. The van der Waals surface area contributed by atoms with Gasteiger partial charge in [-0.05, 0) is 53.4 Å². The van der Waals surface area contributed by atoms with E-state index in [0.29, 0.717) is 11.3 Å². The summed E-state index contributed by atoms with van der Waals surface area (Å²) in [5, 5.41) is 0. The van der Waals surface area contributed by atoms with Crippen LogP contribution in [0.25, 0.3) is 0 Å². The third kappa shape index (κ3) is 1.60. The highest BCUT2D eigenvalue weighted by Gasteiger charge is 2.31. The molecule has 0 saturated heterocycles. The second kappa shape index (κ2) is 3.37. The molecule has 0 aromatic heterocycles. The first-order valence-corrected chi connectivity index (χ1v) is 6.06. The predicted molar refractivity (Wildman–Crippen MR) is 66.6 cm³/mol. The van der Waals surface area contributed by atoms with Gasteiger partial charge in [0.15, 0.2) is 0 Å². The Balaban J connectivity index is 2.57. The molecule has 0 aliphatic heterocycles. The first-order valence-electron chi connectivity index (χ1n) is 6.06. The van der Waals surface area contributed by atoms with Crippen molar-refractivity contribution in [3.8, 4) is 0 Å². The fraction of sp³-hybridized carbons (Fsp3) is 0.600. The summed E-state index contributed by atoms with van der Waals surface area (Å²) in [6.45, 7) is 11.6. The van der Waals surface area contributed by atoms with Crippen molar-refractivity contribution >= 4 is 0 Å². The van der Waals surface area contributed by atoms with Crippen LogP contribution >= 0.6 is 0 Å². The fourth-order valence-electron chi connectivity index (χ4n) is 2.93. The molecule has 0 spiro atoms. The van der Waals surface area contributed by atoms with Crippen molar-refractivity contribution in [2.75, 3.05) is 0 Å². The Bertz CT molecular complexity index is 383. The molecule has 0 nitrogen and oxygen atoms in total. The minimum absolute atomic E-state index is 0.398. The van der Waals surface area contributed by atoms with E-state index in [2.05, 4.69) is 46.8 Å². The molecule has 82 valence electrons. The minimum Gasteiger partial charge on any atom is -0.0587 e. The maximum Gasteiger partial charge on any atom is -0.00976 e. The Labute approximate surface area is 93.7 Å². The number of fused-ring (bicyclic) bond motifs is 1. The molecule has 0 saturated carbocycles. The molecule has 2 rings (SSSR count). The van der Waals surface area contributed by atoms with Crippen LogP contribution in [0.15, 0.2) is 12.1 Å². The van der Waals surface area contributed by atoms with Gasteiger partial charge in [0.1, 0.15) is 0 Å². The third-order valence-electron chi connectivity index (χ3n) is 3.99. The lowest BCUT2D eigenvalue weighted by Gasteiger charge is -2.21. The van der Waals surface area contributed by atoms with Crippen LogP contribution in [-0.2, 0) is 11.8 Å². The smallest absolute Gasteiger partial charge is 0.00976 e. The first kappa shape index (κ1) is 10.7. The summed E-state index contributed by atoms with van der Waals surface area (Å²) < 4.78 is 0. The summed E-state index contributed by atoms with van der Waals surface area (Å²) in [4.78, 5) is 0. The lowest BCUT2D eigenvalue weighted by atomic mass is 9.84. The van der Waals surface area contributed by atoms with Gasteiger partial charge in [0.25, 0.3) is 0 Å². The molecular weight excluding hydrogens is 180 g/mol. The summed E-state index contributed by atoms with van der Waals surface area (Å²) in [5.74, 6) is 0.652. The molecule has 0 amide bonds. The van der Waals surface area contributed by atoms with E-state index < -0.39 is 0 Å². The molecule has 0 unspecified atom stereocenters. The maximum absolute atomic E-state index is 2.37. The average Bonchev–Trinajstić information content (AvgIpc) is 2.43. The molecular formula is C15H22. The van der Waals surface area contributed by atoms with Crippen LogP contribution in [0.1, 0.15) is 62.3 Å². The molecule has 0 heteroatoms. The van der Waals surface area contributed by atoms with Crippen LogP contribution in [0.5, 0.6) is 0 Å². The Hall–Kier alpha value is -0.780. The molecule has 0 fully saturated rings. The first-order chi connectivity index (χ1) is 6.93. The lowest BCUT2D eigenvalue weighted by Crippen LogP contribution is -2.12. The maximum atomic E-state index is 2.37. The Kier molecular flexibility index (Phi) is 2.41. The van der Waals surface area contributed by atoms with Crippen LogP contribution < -0.4 is 0 Å². The topological polar surface area (TPSA) is 0 Å². The summed E-state index contributed by atoms with van der Waals surface area (Å²) in [5.41, 5.74) is 6.70. The Morgan fingerprint density at radius 2 is 1.87 bits per heavy atom. The molecule has 1 aromatic rings. The molecule has 0 bridgehead atoms. The van der Waals surface area contributed by atoms with Crippen molar-refractivity contribution in [3.63, 3.8) is 0 Å². The van der Waals surface area contributed by atoms with Crippen LogP contribution in [-0.4, -0.2) is 0 Å². The van der Waals surface area contributed by atoms with Crippen molar-refractivity contribution in [1.82, 2.24) is 0 Å². The summed E-state index contributed by atoms with van der Waals surface area (Å²) >= 11 is 0. The van der Waals surface area contributed by atoms with Crippen molar-refractivity contribution in [3.05, 3.63) is 34.4 Å². The summed E-state index contributed by atoms with van der Waals surface area (Å²) in [6, 6.07) is 4.70. The average molecular weight is 202 g/mol. The Morgan fingerprint density at radius 1 is 1.20 bits per heavy atom. The van der Waals surface area contributed by atoms with E-state index in [0.717, 1.165) is 0 Å². The lowest BCUT2D eigenvalue weighted by molar-refractivity contribution is 0.522. The zero-order valence-corrected chi connectivity index (χ0v) is 10.6. The largest absolute Gasteiger partial charge is 0.0587 e. The molecule has 0 atom stereocenters. The highest BCUT2D eigenvalue weighted by atomic mass is 14.4. The van der Waals surface area contributed by atoms with E-state index >= 15 is 0 Å². The van der Waals surface area contributed by atoms with Crippen molar-refractivity contribution in [2.24, 2.45) is 0 Å². The van der Waals surface area contributed by atoms with Crippen LogP contribution in [0, 0.1) is 6.92 Å². The molecule has 0 radical (unpaired) electrons. The normalized spacial score (nSPS) is 18.3. The van der Waals surface area contributed by atoms with E-state index in [-0.39, 0.29) is 0 Å². The number of hydrogen-bond donors (Lipinski definition) is 0. The molecule has 0 heterocycles. The molecule has 1 aliphatic rings. The van der Waals surface area contributed by atoms with Gasteiger partial charge in [-0.15, -0.1) is 0 Å². The van der Waals surface area contributed by atoms with Gasteiger partial charge in [0, 0.05) is 0 Å².